The first-order chi connectivity index (χ1) is 17.6. The number of ether oxygens (including phenoxy) is 2. The molecule has 0 aliphatic carbocycles. The third-order valence-electron chi connectivity index (χ3n) is 6.57. The average Bonchev–Trinajstić information content (AvgIpc) is 2.91. The molecule has 0 bridgehead atoms. The molecule has 0 aromatic heterocycles. The van der Waals surface area contributed by atoms with Gasteiger partial charge in [-0.1, -0.05) is 96.6 Å². The van der Waals surface area contributed by atoms with Gasteiger partial charge in [-0.25, -0.2) is 4.79 Å². The van der Waals surface area contributed by atoms with E-state index in [2.05, 4.69) is 31.2 Å². The molecule has 0 saturated heterocycles. The first kappa shape index (κ1) is 30.3. The van der Waals surface area contributed by atoms with Gasteiger partial charge in [0, 0.05) is 10.6 Å². The van der Waals surface area contributed by atoms with Gasteiger partial charge in [0.05, 0.1) is 18.3 Å². The molecule has 2 aromatic carbocycles. The number of carbonyl (C=O) groups excluding carboxylic acids is 1. The minimum Gasteiger partial charge on any atom is -0.494 e. The normalized spacial score (nSPS) is 11.9. The summed E-state index contributed by atoms with van der Waals surface area (Å²) < 4.78 is 11.3. The van der Waals surface area contributed by atoms with Crippen molar-refractivity contribution in [3.63, 3.8) is 0 Å². The SMILES string of the molecule is CCCCCCCCCCCCCCOc1ccc(CSc2ccc(C(=O)O[C@@H](C)CC)cc2)cc1. The molecule has 0 spiro atoms. The smallest absolute Gasteiger partial charge is 0.338 e. The Morgan fingerprint density at radius 1 is 0.750 bits per heavy atom. The molecule has 0 saturated carbocycles. The van der Waals surface area contributed by atoms with E-state index in [4.69, 9.17) is 9.47 Å². The lowest BCUT2D eigenvalue weighted by Gasteiger charge is -2.11. The third kappa shape index (κ3) is 13.4. The lowest BCUT2D eigenvalue weighted by Crippen LogP contribution is -2.13. The van der Waals surface area contributed by atoms with Crippen LogP contribution in [0.3, 0.4) is 0 Å². The molecular weight excluding hydrogens is 464 g/mol. The Kier molecular flexibility index (Phi) is 16.2. The summed E-state index contributed by atoms with van der Waals surface area (Å²) in [5, 5.41) is 0. The van der Waals surface area contributed by atoms with Gasteiger partial charge in [-0.3, -0.25) is 0 Å². The zero-order chi connectivity index (χ0) is 25.8. The highest BCUT2D eigenvalue weighted by atomic mass is 32.2. The molecule has 0 heterocycles. The molecule has 4 heteroatoms. The Morgan fingerprint density at radius 2 is 1.31 bits per heavy atom. The molecule has 2 aromatic rings. The van der Waals surface area contributed by atoms with Crippen molar-refractivity contribution in [3.05, 3.63) is 59.7 Å². The monoisotopic (exact) mass is 512 g/mol. The molecule has 0 amide bonds. The Labute approximate surface area is 224 Å². The second kappa shape index (κ2) is 19.2. The molecule has 0 fully saturated rings. The van der Waals surface area contributed by atoms with Crippen LogP contribution in [-0.2, 0) is 10.5 Å². The van der Waals surface area contributed by atoms with Gasteiger partial charge in [-0.2, -0.15) is 0 Å². The molecule has 3 nitrogen and oxygen atoms in total. The summed E-state index contributed by atoms with van der Waals surface area (Å²) in [7, 11) is 0. The minimum atomic E-state index is -0.250. The van der Waals surface area contributed by atoms with E-state index in [0.717, 1.165) is 35.8 Å². The molecule has 0 radical (unpaired) electrons. The molecule has 0 aliphatic heterocycles. The molecule has 36 heavy (non-hydrogen) atoms. The number of unbranched alkanes of at least 4 members (excludes halogenated alkanes) is 11. The highest BCUT2D eigenvalue weighted by Gasteiger charge is 2.10. The predicted molar refractivity (Wildman–Crippen MR) is 154 cm³/mol. The fourth-order valence-corrected chi connectivity index (χ4v) is 4.86. The molecular formula is C32H48O3S. The van der Waals surface area contributed by atoms with Crippen LogP contribution in [0.25, 0.3) is 0 Å². The van der Waals surface area contributed by atoms with Gasteiger partial charge >= 0.3 is 5.97 Å². The van der Waals surface area contributed by atoms with Crippen molar-refractivity contribution in [2.75, 3.05) is 6.61 Å². The molecule has 0 aliphatic rings. The van der Waals surface area contributed by atoms with Crippen molar-refractivity contribution in [1.29, 1.82) is 0 Å². The minimum absolute atomic E-state index is 0.0527. The first-order valence-electron chi connectivity index (χ1n) is 14.3. The Balaban J connectivity index is 1.53. The van der Waals surface area contributed by atoms with Crippen LogP contribution in [0, 0.1) is 0 Å². The number of hydrogen-bond donors (Lipinski definition) is 0. The zero-order valence-electron chi connectivity index (χ0n) is 22.9. The average molecular weight is 513 g/mol. The van der Waals surface area contributed by atoms with Crippen molar-refractivity contribution in [1.82, 2.24) is 0 Å². The first-order valence-corrected chi connectivity index (χ1v) is 15.3. The van der Waals surface area contributed by atoms with E-state index in [1.54, 1.807) is 11.8 Å². The zero-order valence-corrected chi connectivity index (χ0v) is 23.8. The van der Waals surface area contributed by atoms with Gasteiger partial charge in [-0.05, 0) is 61.7 Å². The maximum Gasteiger partial charge on any atom is 0.338 e. The van der Waals surface area contributed by atoms with E-state index < -0.39 is 0 Å². The fourth-order valence-electron chi connectivity index (χ4n) is 4.00. The number of thioether (sulfide) groups is 1. The van der Waals surface area contributed by atoms with Crippen LogP contribution in [0.5, 0.6) is 5.75 Å². The number of carbonyl (C=O) groups is 1. The van der Waals surface area contributed by atoms with Crippen LogP contribution in [0.1, 0.15) is 120 Å². The maximum absolute atomic E-state index is 12.1. The number of benzene rings is 2. The second-order valence-electron chi connectivity index (χ2n) is 9.82. The molecule has 1 atom stereocenters. The van der Waals surface area contributed by atoms with E-state index in [1.807, 2.05) is 38.1 Å². The van der Waals surface area contributed by atoms with Crippen LogP contribution < -0.4 is 4.74 Å². The Morgan fingerprint density at radius 3 is 1.86 bits per heavy atom. The molecule has 2 rings (SSSR count). The highest BCUT2D eigenvalue weighted by Crippen LogP contribution is 2.25. The third-order valence-corrected chi connectivity index (χ3v) is 7.65. The quantitative estimate of drug-likeness (QED) is 0.100. The van der Waals surface area contributed by atoms with E-state index in [0.29, 0.717) is 5.56 Å². The van der Waals surface area contributed by atoms with Crippen molar-refractivity contribution in [2.45, 2.75) is 121 Å². The number of rotatable bonds is 20. The second-order valence-corrected chi connectivity index (χ2v) is 10.9. The molecule has 200 valence electrons. The Bertz CT molecular complexity index is 816. The fraction of sp³-hybridized carbons (Fsp3) is 0.594. The van der Waals surface area contributed by atoms with E-state index in [9.17, 15) is 4.79 Å². The summed E-state index contributed by atoms with van der Waals surface area (Å²) in [5.41, 5.74) is 1.87. The van der Waals surface area contributed by atoms with Crippen LogP contribution in [0.4, 0.5) is 0 Å². The number of hydrogen-bond acceptors (Lipinski definition) is 4. The van der Waals surface area contributed by atoms with Crippen molar-refractivity contribution >= 4 is 17.7 Å². The standard InChI is InChI=1S/C32H48O3S/c1-4-6-7-8-9-10-11-12-13-14-15-16-25-34-30-21-17-28(18-22-30)26-36-31-23-19-29(20-24-31)32(33)35-27(3)5-2/h17-24,27H,4-16,25-26H2,1-3H3/t27-/m0/s1. The Hall–Kier alpha value is -1.94. The summed E-state index contributed by atoms with van der Waals surface area (Å²) in [6.45, 7) is 7.01. The van der Waals surface area contributed by atoms with Crippen LogP contribution in [0.15, 0.2) is 53.4 Å². The maximum atomic E-state index is 12.1. The number of esters is 1. The van der Waals surface area contributed by atoms with Gasteiger partial charge in [0.15, 0.2) is 0 Å². The lowest BCUT2D eigenvalue weighted by atomic mass is 10.1. The van der Waals surface area contributed by atoms with Crippen LogP contribution >= 0.6 is 11.8 Å². The summed E-state index contributed by atoms with van der Waals surface area (Å²) >= 11 is 1.76. The van der Waals surface area contributed by atoms with Gasteiger partial charge in [0.1, 0.15) is 5.75 Å². The van der Waals surface area contributed by atoms with Crippen LogP contribution in [-0.4, -0.2) is 18.7 Å². The molecule has 0 unspecified atom stereocenters. The van der Waals surface area contributed by atoms with Gasteiger partial charge in [0.2, 0.25) is 0 Å². The van der Waals surface area contributed by atoms with Gasteiger partial charge in [0.25, 0.3) is 0 Å². The summed E-state index contributed by atoms with van der Waals surface area (Å²) in [6, 6.07) is 16.1. The van der Waals surface area contributed by atoms with E-state index in [-0.39, 0.29) is 12.1 Å². The topological polar surface area (TPSA) is 35.5 Å². The van der Waals surface area contributed by atoms with Crippen LogP contribution in [0.2, 0.25) is 0 Å². The van der Waals surface area contributed by atoms with E-state index in [1.165, 1.54) is 76.2 Å². The van der Waals surface area contributed by atoms with Gasteiger partial charge in [-0.15, -0.1) is 11.8 Å². The van der Waals surface area contributed by atoms with Crippen molar-refractivity contribution in [2.24, 2.45) is 0 Å². The summed E-state index contributed by atoms with van der Waals surface area (Å²) in [4.78, 5) is 13.2. The highest BCUT2D eigenvalue weighted by molar-refractivity contribution is 7.98. The molecule has 0 N–H and O–H groups in total. The van der Waals surface area contributed by atoms with Crippen molar-refractivity contribution in [3.8, 4) is 5.75 Å². The summed E-state index contributed by atoms with van der Waals surface area (Å²) in [6.07, 6.45) is 17.1. The summed E-state index contributed by atoms with van der Waals surface area (Å²) in [5.74, 6) is 1.59. The van der Waals surface area contributed by atoms with Crippen molar-refractivity contribution < 1.29 is 14.3 Å². The largest absolute Gasteiger partial charge is 0.494 e. The van der Waals surface area contributed by atoms with E-state index >= 15 is 0 Å². The van der Waals surface area contributed by atoms with Gasteiger partial charge < -0.3 is 9.47 Å². The predicted octanol–water partition coefficient (Wildman–Crippen LogP) is 10.0. The lowest BCUT2D eigenvalue weighted by molar-refractivity contribution is 0.0334.